The standard InChI is InChI=1S/C27H26ClFN8O3/c1-14-6-18(8-19(29)7-14)22(13-38)32-25(39)15(2)37-12-17-5-4-16(9-20(17)26(37)40)24-21(28)10-30-27(34-24)33-23-11-31-36(3)35-23/h4-11,15,22,38H,12-13H2,1-3H3,(H,32,39)(H,30,33,34,35). The molecule has 13 heteroatoms. The van der Waals surface area contributed by atoms with Crippen LogP contribution >= 0.6 is 11.6 Å². The molecule has 4 aromatic rings. The molecule has 1 aliphatic rings. The van der Waals surface area contributed by atoms with Crippen molar-refractivity contribution < 1.29 is 19.1 Å². The first-order valence-corrected chi connectivity index (χ1v) is 12.8. The van der Waals surface area contributed by atoms with Crippen molar-refractivity contribution in [3.8, 4) is 11.3 Å². The zero-order valence-corrected chi connectivity index (χ0v) is 22.6. The lowest BCUT2D eigenvalue weighted by Gasteiger charge is -2.26. The van der Waals surface area contributed by atoms with Gasteiger partial charge in [-0.15, -0.1) is 5.10 Å². The Morgan fingerprint density at radius 2 is 2.02 bits per heavy atom. The van der Waals surface area contributed by atoms with Gasteiger partial charge in [-0.1, -0.05) is 29.8 Å². The van der Waals surface area contributed by atoms with E-state index in [1.54, 1.807) is 45.2 Å². The highest BCUT2D eigenvalue weighted by atomic mass is 35.5. The number of anilines is 2. The Morgan fingerprint density at radius 1 is 1.23 bits per heavy atom. The van der Waals surface area contributed by atoms with Gasteiger partial charge in [0.25, 0.3) is 5.91 Å². The summed E-state index contributed by atoms with van der Waals surface area (Å²) in [6.45, 7) is 3.13. The largest absolute Gasteiger partial charge is 0.394 e. The summed E-state index contributed by atoms with van der Waals surface area (Å²) in [6.07, 6.45) is 2.98. The van der Waals surface area contributed by atoms with Crippen LogP contribution in [0.1, 0.15) is 40.0 Å². The van der Waals surface area contributed by atoms with E-state index in [-0.39, 0.29) is 18.4 Å². The predicted octanol–water partition coefficient (Wildman–Crippen LogP) is 3.31. The van der Waals surface area contributed by atoms with Crippen molar-refractivity contribution in [3.05, 3.63) is 81.9 Å². The monoisotopic (exact) mass is 564 g/mol. The minimum atomic E-state index is -0.850. The molecule has 11 nitrogen and oxygen atoms in total. The third-order valence-corrected chi connectivity index (χ3v) is 6.89. The number of carbonyl (C=O) groups is 2. The van der Waals surface area contributed by atoms with Crippen LogP contribution in [0.3, 0.4) is 0 Å². The van der Waals surface area contributed by atoms with Crippen LogP contribution in [-0.2, 0) is 18.4 Å². The first-order chi connectivity index (χ1) is 19.1. The van der Waals surface area contributed by atoms with Gasteiger partial charge in [-0.3, -0.25) is 9.59 Å². The Kier molecular flexibility index (Phi) is 7.46. The number of benzene rings is 2. The van der Waals surface area contributed by atoms with E-state index in [9.17, 15) is 19.1 Å². The molecule has 206 valence electrons. The van der Waals surface area contributed by atoms with Gasteiger partial charge in [-0.05, 0) is 48.7 Å². The molecule has 0 radical (unpaired) electrons. The summed E-state index contributed by atoms with van der Waals surface area (Å²) in [5.74, 6) is -0.549. The van der Waals surface area contributed by atoms with Gasteiger partial charge in [0.2, 0.25) is 11.9 Å². The highest BCUT2D eigenvalue weighted by molar-refractivity contribution is 6.33. The lowest BCUT2D eigenvalue weighted by molar-refractivity contribution is -0.126. The van der Waals surface area contributed by atoms with Crippen LogP contribution in [0.15, 0.2) is 48.8 Å². The number of amides is 2. The Hall–Kier alpha value is -4.42. The second-order valence-electron chi connectivity index (χ2n) is 9.52. The fraction of sp³-hybridized carbons (Fsp3) is 0.259. The van der Waals surface area contributed by atoms with Crippen LogP contribution in [-0.4, -0.2) is 59.4 Å². The number of aliphatic hydroxyl groups is 1. The van der Waals surface area contributed by atoms with Crippen molar-refractivity contribution in [2.75, 3.05) is 11.9 Å². The zero-order chi connectivity index (χ0) is 28.6. The maximum atomic E-state index is 13.9. The molecule has 2 aromatic heterocycles. The number of halogens is 2. The topological polar surface area (TPSA) is 138 Å². The van der Waals surface area contributed by atoms with E-state index in [0.29, 0.717) is 38.8 Å². The lowest BCUT2D eigenvalue weighted by Crippen LogP contribution is -2.46. The molecule has 5 rings (SSSR count). The Labute approximate surface area is 234 Å². The van der Waals surface area contributed by atoms with Crippen LogP contribution in [0.2, 0.25) is 5.02 Å². The highest BCUT2D eigenvalue weighted by Gasteiger charge is 2.35. The molecule has 0 fully saturated rings. The Bertz CT molecular complexity index is 1590. The Morgan fingerprint density at radius 3 is 2.73 bits per heavy atom. The van der Waals surface area contributed by atoms with Crippen molar-refractivity contribution in [2.24, 2.45) is 7.05 Å². The van der Waals surface area contributed by atoms with E-state index < -0.39 is 30.4 Å². The number of fused-ring (bicyclic) bond motifs is 1. The second kappa shape index (κ2) is 11.0. The third kappa shape index (κ3) is 5.49. The van der Waals surface area contributed by atoms with Crippen LogP contribution in [0.25, 0.3) is 11.3 Å². The predicted molar refractivity (Wildman–Crippen MR) is 145 cm³/mol. The second-order valence-corrected chi connectivity index (χ2v) is 9.93. The van der Waals surface area contributed by atoms with Crippen molar-refractivity contribution in [1.82, 2.24) is 35.2 Å². The molecule has 3 heterocycles. The number of aromatic nitrogens is 5. The summed E-state index contributed by atoms with van der Waals surface area (Å²) in [7, 11) is 1.69. The van der Waals surface area contributed by atoms with Crippen molar-refractivity contribution >= 4 is 35.2 Å². The summed E-state index contributed by atoms with van der Waals surface area (Å²) in [5.41, 5.74) is 3.29. The molecule has 0 bridgehead atoms. The first-order valence-electron chi connectivity index (χ1n) is 12.4. The van der Waals surface area contributed by atoms with Crippen molar-refractivity contribution in [2.45, 2.75) is 32.5 Å². The third-order valence-electron chi connectivity index (χ3n) is 6.61. The quantitative estimate of drug-likeness (QED) is 0.296. The maximum Gasteiger partial charge on any atom is 0.255 e. The van der Waals surface area contributed by atoms with Gasteiger partial charge in [0.1, 0.15) is 11.9 Å². The van der Waals surface area contributed by atoms with E-state index >= 15 is 0 Å². The number of hydrogen-bond acceptors (Lipinski definition) is 8. The fourth-order valence-electron chi connectivity index (χ4n) is 4.57. The minimum absolute atomic E-state index is 0.225. The molecule has 1 aliphatic heterocycles. The molecule has 3 N–H and O–H groups in total. The van der Waals surface area contributed by atoms with Crippen molar-refractivity contribution in [1.29, 1.82) is 0 Å². The number of rotatable bonds is 8. The molecule has 2 atom stereocenters. The van der Waals surface area contributed by atoms with Crippen LogP contribution in [0.4, 0.5) is 16.2 Å². The van der Waals surface area contributed by atoms with Crippen molar-refractivity contribution in [3.63, 3.8) is 0 Å². The normalized spacial score (nSPS) is 14.2. The van der Waals surface area contributed by atoms with Gasteiger partial charge in [0.05, 0.1) is 35.8 Å². The number of carbonyl (C=O) groups excluding carboxylic acids is 2. The summed E-state index contributed by atoms with van der Waals surface area (Å²) >= 11 is 6.40. The smallest absolute Gasteiger partial charge is 0.255 e. The summed E-state index contributed by atoms with van der Waals surface area (Å²) in [6, 6.07) is 7.94. The number of nitrogens with one attached hydrogen (secondary N) is 2. The maximum absolute atomic E-state index is 13.9. The zero-order valence-electron chi connectivity index (χ0n) is 21.9. The van der Waals surface area contributed by atoms with Gasteiger partial charge in [0, 0.05) is 24.7 Å². The van der Waals surface area contributed by atoms with E-state index in [0.717, 1.165) is 5.56 Å². The van der Waals surface area contributed by atoms with Gasteiger partial charge in [0.15, 0.2) is 5.82 Å². The molecule has 2 unspecified atom stereocenters. The molecular weight excluding hydrogens is 539 g/mol. The minimum Gasteiger partial charge on any atom is -0.394 e. The van der Waals surface area contributed by atoms with Gasteiger partial charge >= 0.3 is 0 Å². The van der Waals surface area contributed by atoms with E-state index in [1.807, 2.05) is 0 Å². The molecular formula is C27H26ClFN8O3. The molecule has 0 spiro atoms. The molecule has 2 aromatic carbocycles. The number of aliphatic hydroxyl groups excluding tert-OH is 1. The van der Waals surface area contributed by atoms with Gasteiger partial charge in [-0.25, -0.2) is 14.4 Å². The number of nitrogens with zero attached hydrogens (tertiary/aromatic N) is 6. The summed E-state index contributed by atoms with van der Waals surface area (Å²) in [4.78, 5) is 38.0. The van der Waals surface area contributed by atoms with Crippen LogP contribution in [0.5, 0.6) is 0 Å². The summed E-state index contributed by atoms with van der Waals surface area (Å²) in [5, 5.41) is 24.0. The van der Waals surface area contributed by atoms with Crippen LogP contribution in [0, 0.1) is 12.7 Å². The molecule has 2 amide bonds. The molecule has 0 saturated heterocycles. The summed E-state index contributed by atoms with van der Waals surface area (Å²) < 4.78 is 13.9. The van der Waals surface area contributed by atoms with Gasteiger partial charge in [-0.2, -0.15) is 9.90 Å². The molecule has 40 heavy (non-hydrogen) atoms. The average Bonchev–Trinajstić information content (AvgIpc) is 3.48. The van der Waals surface area contributed by atoms with Crippen LogP contribution < -0.4 is 10.6 Å². The van der Waals surface area contributed by atoms with E-state index in [2.05, 4.69) is 30.8 Å². The Balaban J connectivity index is 1.33. The fourth-order valence-corrected chi connectivity index (χ4v) is 4.77. The SMILES string of the molecule is Cc1cc(F)cc(C(CO)NC(=O)C(C)N2Cc3ccc(-c4nc(Nc5cnn(C)n5)ncc4Cl)cc3C2=O)c1. The van der Waals surface area contributed by atoms with Gasteiger partial charge < -0.3 is 20.6 Å². The molecule has 0 aliphatic carbocycles. The number of aryl methyl sites for hydroxylation is 2. The highest BCUT2D eigenvalue weighted by Crippen LogP contribution is 2.32. The first kappa shape index (κ1) is 27.2. The number of hydrogen-bond donors (Lipinski definition) is 3. The van der Waals surface area contributed by atoms with E-state index in [1.165, 1.54) is 34.2 Å². The van der Waals surface area contributed by atoms with E-state index in [4.69, 9.17) is 11.6 Å². The lowest BCUT2D eigenvalue weighted by atomic mass is 10.0. The molecule has 0 saturated carbocycles. The average molecular weight is 565 g/mol.